The van der Waals surface area contributed by atoms with Gasteiger partial charge in [-0.05, 0) is 67.9 Å². The van der Waals surface area contributed by atoms with Crippen molar-refractivity contribution in [2.45, 2.75) is 25.2 Å². The fraction of sp³-hybridized carbons (Fsp3) is 0.353. The quantitative estimate of drug-likeness (QED) is 0.799. The van der Waals surface area contributed by atoms with Crippen molar-refractivity contribution in [1.29, 1.82) is 0 Å². The summed E-state index contributed by atoms with van der Waals surface area (Å²) in [4.78, 5) is 13.7. The number of piperidine rings is 1. The van der Waals surface area contributed by atoms with Crippen LogP contribution in [0.1, 0.15) is 22.5 Å². The Kier molecular flexibility index (Phi) is 6.91. The van der Waals surface area contributed by atoms with Crippen molar-refractivity contribution in [3.63, 3.8) is 0 Å². The molecule has 0 saturated carbocycles. The Balaban J connectivity index is 0.00000243. The van der Waals surface area contributed by atoms with Gasteiger partial charge in [-0.2, -0.15) is 0 Å². The summed E-state index contributed by atoms with van der Waals surface area (Å²) in [6, 6.07) is 9.31. The fourth-order valence-corrected chi connectivity index (χ4v) is 3.57. The second kappa shape index (κ2) is 8.75. The van der Waals surface area contributed by atoms with Gasteiger partial charge in [0.15, 0.2) is 0 Å². The molecule has 1 amide bonds. The number of carbonyl (C=O) groups is 1. The zero-order chi connectivity index (χ0) is 17.9. The molecule has 0 bridgehead atoms. The lowest BCUT2D eigenvalue weighted by Crippen LogP contribution is -2.42. The van der Waals surface area contributed by atoms with Gasteiger partial charge < -0.3 is 15.4 Å². The Morgan fingerprint density at radius 1 is 1.12 bits per heavy atom. The summed E-state index contributed by atoms with van der Waals surface area (Å²) < 4.78 is 40.4. The third-order valence-corrected chi connectivity index (χ3v) is 5.01. The molecule has 0 atom stereocenters. The molecule has 1 aromatic heterocycles. The molecule has 3 rings (SSSR count). The van der Waals surface area contributed by atoms with E-state index in [4.69, 9.17) is 0 Å². The molecule has 9 heteroatoms. The number of carbonyl (C=O) groups excluding carboxylic acids is 1. The van der Waals surface area contributed by atoms with Crippen LogP contribution in [0.4, 0.5) is 13.2 Å². The number of halogens is 4. The Morgan fingerprint density at radius 3 is 2.38 bits per heavy atom. The molecule has 1 saturated heterocycles. The van der Waals surface area contributed by atoms with Gasteiger partial charge in [0.25, 0.3) is 5.91 Å². The maximum atomic E-state index is 12.3. The molecule has 0 aliphatic carbocycles. The summed E-state index contributed by atoms with van der Waals surface area (Å²) in [5.41, 5.74) is 0.737. The van der Waals surface area contributed by atoms with Crippen molar-refractivity contribution >= 4 is 29.7 Å². The highest BCUT2D eigenvalue weighted by Gasteiger charge is 2.31. The largest absolute Gasteiger partial charge is 0.573 e. The minimum absolute atomic E-state index is 0. The van der Waals surface area contributed by atoms with Crippen LogP contribution in [-0.4, -0.2) is 31.4 Å². The van der Waals surface area contributed by atoms with E-state index in [9.17, 15) is 18.0 Å². The Hall–Kier alpha value is -1.77. The predicted octanol–water partition coefficient (Wildman–Crippen LogP) is 4.22. The first kappa shape index (κ1) is 20.5. The van der Waals surface area contributed by atoms with E-state index in [-0.39, 0.29) is 30.1 Å². The normalized spacial score (nSPS) is 15.2. The molecule has 4 nitrogen and oxygen atoms in total. The number of ether oxygens (including phenoxy) is 1. The Labute approximate surface area is 159 Å². The summed E-state index contributed by atoms with van der Waals surface area (Å²) in [6.45, 7) is 1.79. The van der Waals surface area contributed by atoms with Crippen LogP contribution < -0.4 is 15.4 Å². The highest BCUT2D eigenvalue weighted by Crippen LogP contribution is 2.31. The van der Waals surface area contributed by atoms with Crippen LogP contribution in [0.15, 0.2) is 36.4 Å². The molecule has 1 aromatic carbocycles. The van der Waals surface area contributed by atoms with Crippen LogP contribution in [0, 0.1) is 0 Å². The molecule has 2 N–H and O–H groups in total. The molecular formula is C17H18ClF3N2O2S. The first-order chi connectivity index (χ1) is 11.9. The highest BCUT2D eigenvalue weighted by molar-refractivity contribution is 7.17. The van der Waals surface area contributed by atoms with Crippen LogP contribution >= 0.6 is 23.7 Å². The number of alkyl halides is 3. The summed E-state index contributed by atoms with van der Waals surface area (Å²) in [6.07, 6.45) is -2.89. The van der Waals surface area contributed by atoms with E-state index in [1.54, 1.807) is 24.3 Å². The first-order valence-electron chi connectivity index (χ1n) is 7.88. The van der Waals surface area contributed by atoms with Gasteiger partial charge >= 0.3 is 6.36 Å². The third-order valence-electron chi connectivity index (χ3n) is 3.88. The van der Waals surface area contributed by atoms with Gasteiger partial charge in [-0.25, -0.2) is 0 Å². The summed E-state index contributed by atoms with van der Waals surface area (Å²) >= 11 is 1.31. The van der Waals surface area contributed by atoms with E-state index < -0.39 is 6.36 Å². The van der Waals surface area contributed by atoms with Crippen LogP contribution in [0.3, 0.4) is 0 Å². The number of rotatable bonds is 4. The Morgan fingerprint density at radius 2 is 1.77 bits per heavy atom. The molecule has 1 aliphatic rings. The molecule has 1 fully saturated rings. The minimum Gasteiger partial charge on any atom is -0.406 e. The highest BCUT2D eigenvalue weighted by atomic mass is 35.5. The van der Waals surface area contributed by atoms with E-state index in [0.717, 1.165) is 36.4 Å². The van der Waals surface area contributed by atoms with Crippen LogP contribution in [0.5, 0.6) is 5.75 Å². The van der Waals surface area contributed by atoms with Crippen molar-refractivity contribution < 1.29 is 22.7 Å². The SMILES string of the molecule is Cl.O=C(NC1CCNCC1)c1ccc(-c2ccc(OC(F)(F)F)cc2)s1. The number of benzene rings is 1. The lowest BCUT2D eigenvalue weighted by atomic mass is 10.1. The maximum Gasteiger partial charge on any atom is 0.573 e. The van der Waals surface area contributed by atoms with Crippen LogP contribution in [0.25, 0.3) is 10.4 Å². The molecule has 0 radical (unpaired) electrons. The predicted molar refractivity (Wildman–Crippen MR) is 97.0 cm³/mol. The topological polar surface area (TPSA) is 50.4 Å². The van der Waals surface area contributed by atoms with Gasteiger partial charge in [0, 0.05) is 10.9 Å². The smallest absolute Gasteiger partial charge is 0.406 e. The van der Waals surface area contributed by atoms with Gasteiger partial charge in [0.1, 0.15) is 5.75 Å². The molecule has 1 aliphatic heterocycles. The van der Waals surface area contributed by atoms with Gasteiger partial charge in [-0.3, -0.25) is 4.79 Å². The van der Waals surface area contributed by atoms with Crippen molar-refractivity contribution in [2.24, 2.45) is 0 Å². The van der Waals surface area contributed by atoms with Gasteiger partial charge in [-0.15, -0.1) is 36.9 Å². The number of hydrogen-bond donors (Lipinski definition) is 2. The monoisotopic (exact) mass is 406 g/mol. The maximum absolute atomic E-state index is 12.3. The summed E-state index contributed by atoms with van der Waals surface area (Å²) in [5, 5.41) is 6.26. The van der Waals surface area contributed by atoms with Gasteiger partial charge in [-0.1, -0.05) is 0 Å². The van der Waals surface area contributed by atoms with E-state index in [2.05, 4.69) is 15.4 Å². The molecule has 142 valence electrons. The molecule has 2 aromatic rings. The second-order valence-corrected chi connectivity index (χ2v) is 6.82. The van der Waals surface area contributed by atoms with Gasteiger partial charge in [0.05, 0.1) is 4.88 Å². The van der Waals surface area contributed by atoms with Crippen molar-refractivity contribution in [2.75, 3.05) is 13.1 Å². The van der Waals surface area contributed by atoms with Crippen molar-refractivity contribution in [3.8, 4) is 16.2 Å². The number of thiophene rings is 1. The fourth-order valence-electron chi connectivity index (χ4n) is 2.66. The number of amides is 1. The molecule has 0 unspecified atom stereocenters. The number of hydrogen-bond acceptors (Lipinski definition) is 4. The third kappa shape index (κ3) is 5.62. The average molecular weight is 407 g/mol. The Bertz CT molecular complexity index is 728. The van der Waals surface area contributed by atoms with E-state index in [0.29, 0.717) is 4.88 Å². The van der Waals surface area contributed by atoms with Crippen LogP contribution in [0.2, 0.25) is 0 Å². The van der Waals surface area contributed by atoms with Crippen molar-refractivity contribution in [3.05, 3.63) is 41.3 Å². The zero-order valence-electron chi connectivity index (χ0n) is 13.6. The van der Waals surface area contributed by atoms with E-state index >= 15 is 0 Å². The summed E-state index contributed by atoms with van der Waals surface area (Å²) in [5.74, 6) is -0.378. The summed E-state index contributed by atoms with van der Waals surface area (Å²) in [7, 11) is 0. The van der Waals surface area contributed by atoms with Crippen LogP contribution in [-0.2, 0) is 0 Å². The standard InChI is InChI=1S/C17H17F3N2O2S.ClH/c18-17(19,20)24-13-3-1-11(2-4-13)14-5-6-15(25-14)16(23)22-12-7-9-21-10-8-12;/h1-6,12,21H,7-10H2,(H,22,23);1H. The van der Waals surface area contributed by atoms with E-state index in [1.165, 1.54) is 23.5 Å². The number of nitrogens with one attached hydrogen (secondary N) is 2. The zero-order valence-corrected chi connectivity index (χ0v) is 15.3. The molecular weight excluding hydrogens is 389 g/mol. The first-order valence-corrected chi connectivity index (χ1v) is 8.70. The molecule has 0 spiro atoms. The molecule has 26 heavy (non-hydrogen) atoms. The average Bonchev–Trinajstić information content (AvgIpc) is 3.05. The second-order valence-electron chi connectivity index (χ2n) is 5.73. The lowest BCUT2D eigenvalue weighted by molar-refractivity contribution is -0.274. The van der Waals surface area contributed by atoms with E-state index in [1.807, 2.05) is 0 Å². The molecule has 2 heterocycles. The minimum atomic E-state index is -4.70. The lowest BCUT2D eigenvalue weighted by Gasteiger charge is -2.23. The van der Waals surface area contributed by atoms with Crippen molar-refractivity contribution in [1.82, 2.24) is 10.6 Å². The van der Waals surface area contributed by atoms with Gasteiger partial charge in [0.2, 0.25) is 0 Å².